The van der Waals surface area contributed by atoms with E-state index in [0.29, 0.717) is 24.1 Å². The van der Waals surface area contributed by atoms with Crippen LogP contribution in [0.25, 0.3) is 0 Å². The summed E-state index contributed by atoms with van der Waals surface area (Å²) in [6, 6.07) is 8.11. The predicted octanol–water partition coefficient (Wildman–Crippen LogP) is 2.57. The number of thioether (sulfide) groups is 1. The topological polar surface area (TPSA) is 83.1 Å². The van der Waals surface area contributed by atoms with E-state index in [1.807, 2.05) is 24.3 Å². The zero-order chi connectivity index (χ0) is 19.8. The smallest absolute Gasteiger partial charge is 0.251 e. The molecule has 2 heterocycles. The Hall–Kier alpha value is -1.90. The van der Waals surface area contributed by atoms with Gasteiger partial charge in [-0.2, -0.15) is 5.10 Å². The molecule has 2 aromatic rings. The molecule has 1 aliphatic rings. The number of H-pyrrole nitrogens is 1. The number of nitrogens with one attached hydrogen (secondary N) is 2. The molecule has 1 amide bonds. The second-order valence-corrected chi connectivity index (χ2v) is 8.38. The summed E-state index contributed by atoms with van der Waals surface area (Å²) in [6.07, 6.45) is 2.57. The molecule has 1 atom stereocenters. The summed E-state index contributed by atoms with van der Waals surface area (Å²) < 4.78 is 5.46. The van der Waals surface area contributed by atoms with Crippen molar-refractivity contribution in [3.63, 3.8) is 0 Å². The van der Waals surface area contributed by atoms with Crippen LogP contribution in [-0.4, -0.2) is 64.9 Å². The second-order valence-electron chi connectivity index (χ2n) is 7.42. The molecule has 0 bridgehead atoms. The van der Waals surface area contributed by atoms with Gasteiger partial charge in [-0.3, -0.25) is 14.8 Å². The molecule has 1 aromatic carbocycles. The van der Waals surface area contributed by atoms with Gasteiger partial charge in [0.05, 0.1) is 13.2 Å². The SMILES string of the molecule is CC(C)CC(CNC(=O)c1ccc(CSc2ncn[nH]2)cc1)N1CCOCC1. The van der Waals surface area contributed by atoms with E-state index in [-0.39, 0.29) is 5.91 Å². The van der Waals surface area contributed by atoms with E-state index in [4.69, 9.17) is 4.74 Å². The normalized spacial score (nSPS) is 16.2. The Balaban J connectivity index is 1.50. The molecular formula is C20H29N5O2S. The number of amides is 1. The Kier molecular flexibility index (Phi) is 7.88. The van der Waals surface area contributed by atoms with Crippen LogP contribution in [-0.2, 0) is 10.5 Å². The molecule has 8 heteroatoms. The standard InChI is InChI=1S/C20H29N5O2S/c1-15(2)11-18(25-7-9-27-10-8-25)12-21-19(26)17-5-3-16(4-6-17)13-28-20-22-14-23-24-20/h3-6,14-15,18H,7-13H2,1-2H3,(H,21,26)(H,22,23,24). The summed E-state index contributed by atoms with van der Waals surface area (Å²) in [6.45, 7) is 8.54. The number of rotatable bonds is 9. The lowest BCUT2D eigenvalue weighted by Crippen LogP contribution is -2.49. The monoisotopic (exact) mass is 403 g/mol. The number of carbonyl (C=O) groups excluding carboxylic acids is 1. The Morgan fingerprint density at radius 2 is 2.04 bits per heavy atom. The van der Waals surface area contributed by atoms with Gasteiger partial charge in [0.2, 0.25) is 0 Å². The van der Waals surface area contributed by atoms with Crippen LogP contribution in [0.2, 0.25) is 0 Å². The number of aromatic nitrogens is 3. The average molecular weight is 404 g/mol. The number of ether oxygens (including phenoxy) is 1. The number of hydrogen-bond donors (Lipinski definition) is 2. The Morgan fingerprint density at radius 1 is 1.29 bits per heavy atom. The van der Waals surface area contributed by atoms with Gasteiger partial charge in [0.15, 0.2) is 5.16 Å². The first kappa shape index (κ1) is 20.8. The molecule has 28 heavy (non-hydrogen) atoms. The van der Waals surface area contributed by atoms with Gasteiger partial charge in [-0.1, -0.05) is 37.7 Å². The fourth-order valence-corrected chi connectivity index (χ4v) is 4.06. The van der Waals surface area contributed by atoms with Gasteiger partial charge < -0.3 is 10.1 Å². The number of hydrogen-bond acceptors (Lipinski definition) is 6. The summed E-state index contributed by atoms with van der Waals surface area (Å²) in [4.78, 5) is 19.1. The fourth-order valence-electron chi connectivity index (χ4n) is 3.33. The minimum Gasteiger partial charge on any atom is -0.379 e. The fraction of sp³-hybridized carbons (Fsp3) is 0.550. The Bertz CT molecular complexity index is 715. The van der Waals surface area contributed by atoms with E-state index in [2.05, 4.69) is 39.2 Å². The van der Waals surface area contributed by atoms with Crippen LogP contribution in [0.3, 0.4) is 0 Å². The van der Waals surface area contributed by atoms with Gasteiger partial charge in [0.1, 0.15) is 6.33 Å². The maximum atomic E-state index is 12.6. The summed E-state index contributed by atoms with van der Waals surface area (Å²) in [7, 11) is 0. The molecular weight excluding hydrogens is 374 g/mol. The lowest BCUT2D eigenvalue weighted by atomic mass is 10.0. The first-order chi connectivity index (χ1) is 13.6. The van der Waals surface area contributed by atoms with Crippen LogP contribution in [0.1, 0.15) is 36.2 Å². The van der Waals surface area contributed by atoms with E-state index in [0.717, 1.165) is 49.2 Å². The summed E-state index contributed by atoms with van der Waals surface area (Å²) in [5.74, 6) is 1.35. The van der Waals surface area contributed by atoms with Gasteiger partial charge in [-0.05, 0) is 30.0 Å². The quantitative estimate of drug-likeness (QED) is 0.626. The van der Waals surface area contributed by atoms with E-state index >= 15 is 0 Å². The summed E-state index contributed by atoms with van der Waals surface area (Å²) in [5.41, 5.74) is 1.84. The van der Waals surface area contributed by atoms with Crippen molar-refractivity contribution < 1.29 is 9.53 Å². The lowest BCUT2D eigenvalue weighted by Gasteiger charge is -2.35. The highest BCUT2D eigenvalue weighted by molar-refractivity contribution is 7.98. The summed E-state index contributed by atoms with van der Waals surface area (Å²) >= 11 is 1.58. The second kappa shape index (κ2) is 10.6. The molecule has 2 N–H and O–H groups in total. The number of morpholine rings is 1. The zero-order valence-electron chi connectivity index (χ0n) is 16.6. The molecule has 152 valence electrons. The van der Waals surface area contributed by atoms with Gasteiger partial charge in [0, 0.05) is 37.0 Å². The van der Waals surface area contributed by atoms with Crippen molar-refractivity contribution in [1.29, 1.82) is 0 Å². The van der Waals surface area contributed by atoms with E-state index in [9.17, 15) is 4.79 Å². The van der Waals surface area contributed by atoms with Gasteiger partial charge in [-0.15, -0.1) is 0 Å². The third-order valence-electron chi connectivity index (χ3n) is 4.79. The first-order valence-electron chi connectivity index (χ1n) is 9.79. The molecule has 0 radical (unpaired) electrons. The minimum absolute atomic E-state index is 0.0172. The molecule has 1 aliphatic heterocycles. The summed E-state index contributed by atoms with van der Waals surface area (Å²) in [5, 5.41) is 10.6. The van der Waals surface area contributed by atoms with Crippen LogP contribution in [0.5, 0.6) is 0 Å². The minimum atomic E-state index is -0.0172. The Morgan fingerprint density at radius 3 is 2.68 bits per heavy atom. The highest BCUT2D eigenvalue weighted by Gasteiger charge is 2.22. The van der Waals surface area contributed by atoms with E-state index < -0.39 is 0 Å². The van der Waals surface area contributed by atoms with Gasteiger partial charge >= 0.3 is 0 Å². The van der Waals surface area contributed by atoms with Crippen LogP contribution in [0.15, 0.2) is 35.7 Å². The van der Waals surface area contributed by atoms with Crippen LogP contribution in [0, 0.1) is 5.92 Å². The van der Waals surface area contributed by atoms with Gasteiger partial charge in [0.25, 0.3) is 5.91 Å². The Labute approximate surface area is 170 Å². The molecule has 1 unspecified atom stereocenters. The van der Waals surface area contributed by atoms with Crippen molar-refractivity contribution in [3.8, 4) is 0 Å². The first-order valence-corrected chi connectivity index (χ1v) is 10.8. The van der Waals surface area contributed by atoms with Crippen molar-refractivity contribution in [2.45, 2.75) is 37.2 Å². The molecule has 0 saturated carbocycles. The van der Waals surface area contributed by atoms with Crippen molar-refractivity contribution in [2.75, 3.05) is 32.8 Å². The molecule has 1 fully saturated rings. The third kappa shape index (κ3) is 6.32. The molecule has 0 aliphatic carbocycles. The van der Waals surface area contributed by atoms with Crippen molar-refractivity contribution in [3.05, 3.63) is 41.7 Å². The number of nitrogens with zero attached hydrogens (tertiary/aromatic N) is 3. The lowest BCUT2D eigenvalue weighted by molar-refractivity contribution is 0.0124. The molecule has 1 aromatic heterocycles. The number of aromatic amines is 1. The van der Waals surface area contributed by atoms with Crippen molar-refractivity contribution in [2.24, 2.45) is 5.92 Å². The molecule has 7 nitrogen and oxygen atoms in total. The average Bonchev–Trinajstić information content (AvgIpc) is 3.24. The number of benzene rings is 1. The highest BCUT2D eigenvalue weighted by Crippen LogP contribution is 2.18. The number of carbonyl (C=O) groups is 1. The maximum Gasteiger partial charge on any atom is 0.251 e. The predicted molar refractivity (Wildman–Crippen MR) is 110 cm³/mol. The molecule has 0 spiro atoms. The van der Waals surface area contributed by atoms with Crippen LogP contribution in [0.4, 0.5) is 0 Å². The third-order valence-corrected chi connectivity index (χ3v) is 5.74. The van der Waals surface area contributed by atoms with Crippen molar-refractivity contribution in [1.82, 2.24) is 25.4 Å². The molecule has 3 rings (SSSR count). The maximum absolute atomic E-state index is 12.6. The zero-order valence-corrected chi connectivity index (χ0v) is 17.4. The largest absolute Gasteiger partial charge is 0.379 e. The highest BCUT2D eigenvalue weighted by atomic mass is 32.2. The van der Waals surface area contributed by atoms with Crippen LogP contribution >= 0.6 is 11.8 Å². The molecule has 1 saturated heterocycles. The van der Waals surface area contributed by atoms with Crippen molar-refractivity contribution >= 4 is 17.7 Å². The van der Waals surface area contributed by atoms with Crippen LogP contribution < -0.4 is 5.32 Å². The van der Waals surface area contributed by atoms with E-state index in [1.165, 1.54) is 6.33 Å². The van der Waals surface area contributed by atoms with Gasteiger partial charge in [-0.25, -0.2) is 4.98 Å². The van der Waals surface area contributed by atoms with E-state index in [1.54, 1.807) is 11.8 Å².